The fraction of sp³-hybridized carbons (Fsp3) is 0.467. The van der Waals surface area contributed by atoms with Gasteiger partial charge in [-0.15, -0.1) is 0 Å². The Morgan fingerprint density at radius 3 is 1.82 bits per heavy atom. The summed E-state index contributed by atoms with van der Waals surface area (Å²) in [5.41, 5.74) is 5.21. The zero-order valence-corrected chi connectivity index (χ0v) is 10.3. The maximum atomic E-state index is 11.0. The van der Waals surface area contributed by atoms with Crippen LogP contribution in [0.3, 0.4) is 0 Å². The molecule has 2 aliphatic rings. The van der Waals surface area contributed by atoms with Gasteiger partial charge in [-0.25, -0.2) is 0 Å². The first kappa shape index (κ1) is 12.3. The molecule has 0 heterocycles. The van der Waals surface area contributed by atoms with Gasteiger partial charge in [-0.1, -0.05) is 48.6 Å². The van der Waals surface area contributed by atoms with Crippen molar-refractivity contribution in [1.82, 2.24) is 0 Å². The molecule has 3 unspecified atom stereocenters. The maximum absolute atomic E-state index is 11.0. The number of hydrogen-bond acceptors (Lipinski definition) is 2. The Balaban J connectivity index is 2.25. The second-order valence-electron chi connectivity index (χ2n) is 4.99. The first-order chi connectivity index (χ1) is 8.15. The summed E-state index contributed by atoms with van der Waals surface area (Å²) in [6.45, 7) is 1.90. The van der Waals surface area contributed by atoms with Crippen LogP contribution in [0, 0.1) is 11.8 Å². The van der Waals surface area contributed by atoms with Crippen molar-refractivity contribution in [2.75, 3.05) is 0 Å². The van der Waals surface area contributed by atoms with Crippen molar-refractivity contribution in [2.45, 2.75) is 31.4 Å². The largest absolute Gasteiger partial charge is 0.387 e. The number of aliphatic hydroxyl groups is 1. The average molecular weight is 231 g/mol. The molecule has 3 N–H and O–H groups in total. The van der Waals surface area contributed by atoms with Crippen molar-refractivity contribution in [1.29, 1.82) is 0 Å². The molecule has 0 aromatic rings. The van der Waals surface area contributed by atoms with Gasteiger partial charge in [-0.3, -0.25) is 0 Å². The fourth-order valence-corrected chi connectivity index (χ4v) is 2.80. The van der Waals surface area contributed by atoms with Crippen molar-refractivity contribution in [2.24, 2.45) is 17.6 Å². The summed E-state index contributed by atoms with van der Waals surface area (Å²) in [4.78, 5) is 0. The molecule has 0 fully saturated rings. The third-order valence-electron chi connectivity index (χ3n) is 3.88. The second-order valence-corrected chi connectivity index (χ2v) is 4.99. The summed E-state index contributed by atoms with van der Waals surface area (Å²) < 4.78 is 0. The minimum Gasteiger partial charge on any atom is -0.387 e. The van der Waals surface area contributed by atoms with E-state index in [1.165, 1.54) is 0 Å². The van der Waals surface area contributed by atoms with Crippen molar-refractivity contribution in [3.63, 3.8) is 0 Å². The lowest BCUT2D eigenvalue weighted by molar-refractivity contribution is -0.0549. The van der Waals surface area contributed by atoms with Crippen molar-refractivity contribution >= 4 is 0 Å². The Bertz CT molecular complexity index is 346. The molecule has 17 heavy (non-hydrogen) atoms. The van der Waals surface area contributed by atoms with E-state index < -0.39 is 5.60 Å². The molecule has 2 aliphatic carbocycles. The van der Waals surface area contributed by atoms with Crippen LogP contribution in [0.25, 0.3) is 0 Å². The van der Waals surface area contributed by atoms with Gasteiger partial charge in [0.25, 0.3) is 0 Å². The molecule has 0 radical (unpaired) electrons. The van der Waals surface area contributed by atoms with Crippen LogP contribution in [0.1, 0.15) is 19.8 Å². The maximum Gasteiger partial charge on any atom is 0.0925 e. The molecule has 0 amide bonds. The minimum atomic E-state index is -0.859. The van der Waals surface area contributed by atoms with Crippen LogP contribution in [-0.2, 0) is 0 Å². The van der Waals surface area contributed by atoms with E-state index in [-0.39, 0.29) is 17.9 Å². The van der Waals surface area contributed by atoms with E-state index in [1.807, 2.05) is 31.2 Å². The molecule has 2 heteroatoms. The van der Waals surface area contributed by atoms with Gasteiger partial charge in [0.05, 0.1) is 5.60 Å². The molecule has 92 valence electrons. The fourth-order valence-electron chi connectivity index (χ4n) is 2.80. The van der Waals surface area contributed by atoms with Crippen LogP contribution < -0.4 is 5.73 Å². The van der Waals surface area contributed by atoms with E-state index in [0.29, 0.717) is 0 Å². The number of allylic oxidation sites excluding steroid dienone is 6. The summed E-state index contributed by atoms with van der Waals surface area (Å²) in [7, 11) is 0. The van der Waals surface area contributed by atoms with Crippen molar-refractivity contribution in [3.05, 3.63) is 48.6 Å². The lowest BCUT2D eigenvalue weighted by Crippen LogP contribution is -2.56. The van der Waals surface area contributed by atoms with Gasteiger partial charge in [0.2, 0.25) is 0 Å². The Hall–Kier alpha value is -1.12. The van der Waals surface area contributed by atoms with E-state index in [1.54, 1.807) is 0 Å². The van der Waals surface area contributed by atoms with Crippen LogP contribution >= 0.6 is 0 Å². The predicted octanol–water partition coefficient (Wildman–Crippen LogP) is 2.33. The van der Waals surface area contributed by atoms with Crippen molar-refractivity contribution < 1.29 is 5.11 Å². The standard InChI is InChI=1S/C15H21NO/c1-12(16)15(17,13-8-4-2-5-9-13)14-10-6-3-7-11-14/h2-8,10,12-14,17H,9,11,16H2,1H3. The van der Waals surface area contributed by atoms with Crippen LogP contribution in [0.2, 0.25) is 0 Å². The summed E-state index contributed by atoms with van der Waals surface area (Å²) >= 11 is 0. The minimum absolute atomic E-state index is 0.105. The number of nitrogens with two attached hydrogens (primary N) is 1. The SMILES string of the molecule is CC(N)C(O)(C1C=CC=CC1)C1C=CC=CC1. The third kappa shape index (κ3) is 2.28. The molecule has 0 saturated carbocycles. The highest BCUT2D eigenvalue weighted by Gasteiger charge is 2.44. The predicted molar refractivity (Wildman–Crippen MR) is 71.4 cm³/mol. The highest BCUT2D eigenvalue weighted by molar-refractivity contribution is 5.22. The smallest absolute Gasteiger partial charge is 0.0925 e. The van der Waals surface area contributed by atoms with E-state index in [9.17, 15) is 5.11 Å². The Kier molecular flexibility index (Phi) is 3.65. The van der Waals surface area contributed by atoms with Gasteiger partial charge in [0.1, 0.15) is 0 Å². The Morgan fingerprint density at radius 1 is 1.06 bits per heavy atom. The van der Waals surface area contributed by atoms with E-state index in [4.69, 9.17) is 5.73 Å². The average Bonchev–Trinajstić information content (AvgIpc) is 2.39. The van der Waals surface area contributed by atoms with Gasteiger partial charge in [0.15, 0.2) is 0 Å². The van der Waals surface area contributed by atoms with E-state index in [2.05, 4.69) is 24.3 Å². The lowest BCUT2D eigenvalue weighted by atomic mass is 9.68. The van der Waals surface area contributed by atoms with Gasteiger partial charge in [-0.2, -0.15) is 0 Å². The molecule has 0 bridgehead atoms. The van der Waals surface area contributed by atoms with Crippen LogP contribution in [-0.4, -0.2) is 16.7 Å². The molecule has 0 spiro atoms. The van der Waals surface area contributed by atoms with Crippen LogP contribution in [0.15, 0.2) is 48.6 Å². The van der Waals surface area contributed by atoms with Gasteiger partial charge < -0.3 is 10.8 Å². The van der Waals surface area contributed by atoms with Gasteiger partial charge in [0, 0.05) is 17.9 Å². The monoisotopic (exact) mass is 231 g/mol. The first-order valence-corrected chi connectivity index (χ1v) is 6.30. The molecule has 0 aliphatic heterocycles. The molecule has 2 nitrogen and oxygen atoms in total. The Morgan fingerprint density at radius 2 is 1.53 bits per heavy atom. The molecular weight excluding hydrogens is 210 g/mol. The van der Waals surface area contributed by atoms with E-state index in [0.717, 1.165) is 12.8 Å². The topological polar surface area (TPSA) is 46.2 Å². The molecule has 0 aromatic heterocycles. The molecule has 3 atom stereocenters. The molecular formula is C15H21NO. The molecule has 0 aromatic carbocycles. The van der Waals surface area contributed by atoms with E-state index >= 15 is 0 Å². The van der Waals surface area contributed by atoms with Crippen molar-refractivity contribution in [3.8, 4) is 0 Å². The summed E-state index contributed by atoms with van der Waals surface area (Å²) in [6, 6.07) is -0.246. The zero-order chi connectivity index (χ0) is 12.3. The third-order valence-corrected chi connectivity index (χ3v) is 3.88. The van der Waals surface area contributed by atoms with Crippen LogP contribution in [0.4, 0.5) is 0 Å². The van der Waals surface area contributed by atoms with Gasteiger partial charge in [-0.05, 0) is 19.8 Å². The Labute approximate surface area is 103 Å². The quantitative estimate of drug-likeness (QED) is 0.783. The van der Waals surface area contributed by atoms with Gasteiger partial charge >= 0.3 is 0 Å². The highest BCUT2D eigenvalue weighted by Crippen LogP contribution is 2.38. The zero-order valence-electron chi connectivity index (χ0n) is 10.3. The molecule has 0 saturated heterocycles. The summed E-state index contributed by atoms with van der Waals surface area (Å²) in [5, 5.41) is 11.0. The van der Waals surface area contributed by atoms with Crippen LogP contribution in [0.5, 0.6) is 0 Å². The second kappa shape index (κ2) is 5.03. The normalized spacial score (nSPS) is 32.4. The first-order valence-electron chi connectivity index (χ1n) is 6.30. The lowest BCUT2D eigenvalue weighted by Gasteiger charge is -2.43. The summed E-state index contributed by atoms with van der Waals surface area (Å²) in [6.07, 6.45) is 18.1. The number of hydrogen-bond donors (Lipinski definition) is 2. The highest BCUT2D eigenvalue weighted by atomic mass is 16.3. The summed E-state index contributed by atoms with van der Waals surface area (Å²) in [5.74, 6) is 0.210. The number of rotatable bonds is 3. The molecule has 2 rings (SSSR count).